The highest BCUT2D eigenvalue weighted by Gasteiger charge is 2.20. The second kappa shape index (κ2) is 9.70. The van der Waals surface area contributed by atoms with Crippen molar-refractivity contribution in [2.75, 3.05) is 43.2 Å². The highest BCUT2D eigenvalue weighted by Crippen LogP contribution is 2.32. The molecule has 0 unspecified atom stereocenters. The third-order valence-electron chi connectivity index (χ3n) is 5.93. The lowest BCUT2D eigenvalue weighted by Gasteiger charge is -2.35. The van der Waals surface area contributed by atoms with E-state index in [9.17, 15) is 9.59 Å². The van der Waals surface area contributed by atoms with Crippen LogP contribution in [0.1, 0.15) is 15.9 Å². The number of hydrogen-bond donors (Lipinski definition) is 1. The van der Waals surface area contributed by atoms with Crippen LogP contribution in [0.3, 0.4) is 0 Å². The summed E-state index contributed by atoms with van der Waals surface area (Å²) in [4.78, 5) is 29.2. The van der Waals surface area contributed by atoms with Crippen molar-refractivity contribution in [3.8, 4) is 11.5 Å². The molecule has 1 N–H and O–H groups in total. The van der Waals surface area contributed by atoms with Crippen LogP contribution in [0.2, 0.25) is 0 Å². The smallest absolute Gasteiger partial charge is 0.255 e. The second-order valence-electron chi connectivity index (χ2n) is 8.13. The Balaban J connectivity index is 1.14. The third-order valence-corrected chi connectivity index (χ3v) is 5.93. The zero-order valence-corrected chi connectivity index (χ0v) is 18.6. The van der Waals surface area contributed by atoms with Gasteiger partial charge in [-0.2, -0.15) is 0 Å². The zero-order valence-electron chi connectivity index (χ0n) is 18.6. The number of nitrogens with one attached hydrogen (secondary N) is 1. The highest BCUT2D eigenvalue weighted by molar-refractivity contribution is 6.04. The lowest BCUT2D eigenvalue weighted by Crippen LogP contribution is -2.48. The van der Waals surface area contributed by atoms with Gasteiger partial charge in [0.25, 0.3) is 5.91 Å². The number of piperazine rings is 1. The van der Waals surface area contributed by atoms with Gasteiger partial charge in [-0.25, -0.2) is 0 Å². The van der Waals surface area contributed by atoms with Gasteiger partial charge in [-0.05, 0) is 54.1 Å². The van der Waals surface area contributed by atoms with Crippen LogP contribution in [0.5, 0.6) is 11.5 Å². The molecule has 1 fully saturated rings. The third kappa shape index (κ3) is 4.88. The number of benzene rings is 3. The molecular formula is C27H25N3O4. The van der Waals surface area contributed by atoms with E-state index in [0.29, 0.717) is 35.8 Å². The Kier molecular flexibility index (Phi) is 6.16. The molecule has 1 saturated heterocycles. The molecule has 7 nitrogen and oxygen atoms in total. The Morgan fingerprint density at radius 2 is 1.56 bits per heavy atom. The first-order chi connectivity index (χ1) is 16.7. The number of rotatable bonds is 5. The molecule has 2 aliphatic heterocycles. The molecule has 0 bridgehead atoms. The average molecular weight is 456 g/mol. The molecule has 3 aromatic rings. The molecule has 0 aliphatic carbocycles. The summed E-state index contributed by atoms with van der Waals surface area (Å²) in [5.41, 5.74) is 3.30. The molecule has 5 rings (SSSR count). The average Bonchev–Trinajstić information content (AvgIpc) is 3.36. The molecule has 0 spiro atoms. The predicted octanol–water partition coefficient (Wildman–Crippen LogP) is 4.03. The van der Waals surface area contributed by atoms with Crippen molar-refractivity contribution in [2.24, 2.45) is 0 Å². The van der Waals surface area contributed by atoms with Gasteiger partial charge in [0.2, 0.25) is 12.7 Å². The molecule has 0 saturated carbocycles. The SMILES string of the molecule is O=C(Nc1ccc(N2CCN(C(=O)/C=C/c3ccccc3)CC2)cc1)c1ccc2c(c1)OCO2. The summed E-state index contributed by atoms with van der Waals surface area (Å²) in [6.45, 7) is 3.03. The minimum absolute atomic E-state index is 0.0325. The lowest BCUT2D eigenvalue weighted by molar-refractivity contribution is -0.126. The molecule has 7 heteroatoms. The Hall–Kier alpha value is -4.26. The fourth-order valence-electron chi connectivity index (χ4n) is 4.02. The van der Waals surface area contributed by atoms with E-state index in [1.807, 2.05) is 65.6 Å². The Bertz CT molecular complexity index is 1200. The number of ether oxygens (including phenoxy) is 2. The first-order valence-electron chi connectivity index (χ1n) is 11.2. The number of amides is 2. The van der Waals surface area contributed by atoms with E-state index in [0.717, 1.165) is 24.3 Å². The van der Waals surface area contributed by atoms with E-state index in [2.05, 4.69) is 10.2 Å². The Morgan fingerprint density at radius 3 is 2.32 bits per heavy atom. The quantitative estimate of drug-likeness (QED) is 0.589. The maximum Gasteiger partial charge on any atom is 0.255 e. The number of anilines is 2. The van der Waals surface area contributed by atoms with Gasteiger partial charge in [0.05, 0.1) is 0 Å². The van der Waals surface area contributed by atoms with Crippen molar-refractivity contribution in [3.05, 3.63) is 90.0 Å². The Labute approximate surface area is 198 Å². The van der Waals surface area contributed by atoms with E-state index in [1.165, 1.54) is 0 Å². The van der Waals surface area contributed by atoms with E-state index < -0.39 is 0 Å². The van der Waals surface area contributed by atoms with Gasteiger partial charge < -0.3 is 24.6 Å². The van der Waals surface area contributed by atoms with Crippen LogP contribution in [0.4, 0.5) is 11.4 Å². The Morgan fingerprint density at radius 1 is 0.824 bits per heavy atom. The van der Waals surface area contributed by atoms with Crippen LogP contribution in [0, 0.1) is 0 Å². The summed E-state index contributed by atoms with van der Waals surface area (Å²) in [6, 6.07) is 22.7. The van der Waals surface area contributed by atoms with E-state index in [1.54, 1.807) is 24.3 Å². The van der Waals surface area contributed by atoms with Crippen LogP contribution in [-0.4, -0.2) is 49.7 Å². The summed E-state index contributed by atoms with van der Waals surface area (Å²) in [7, 11) is 0. The first kappa shape index (κ1) is 21.6. The highest BCUT2D eigenvalue weighted by atomic mass is 16.7. The van der Waals surface area contributed by atoms with Crippen LogP contribution < -0.4 is 19.7 Å². The largest absolute Gasteiger partial charge is 0.454 e. The van der Waals surface area contributed by atoms with Crippen LogP contribution >= 0.6 is 0 Å². The number of carbonyl (C=O) groups is 2. The van der Waals surface area contributed by atoms with Crippen molar-refractivity contribution in [1.82, 2.24) is 4.90 Å². The first-order valence-corrected chi connectivity index (χ1v) is 11.2. The number of carbonyl (C=O) groups excluding carboxylic acids is 2. The maximum absolute atomic E-state index is 12.6. The monoisotopic (exact) mass is 455 g/mol. The van der Waals surface area contributed by atoms with Gasteiger partial charge in [-0.1, -0.05) is 30.3 Å². The topological polar surface area (TPSA) is 71.1 Å². The predicted molar refractivity (Wildman–Crippen MR) is 131 cm³/mol. The van der Waals surface area contributed by atoms with Crippen molar-refractivity contribution < 1.29 is 19.1 Å². The van der Waals surface area contributed by atoms with Gasteiger partial charge in [-0.15, -0.1) is 0 Å². The summed E-state index contributed by atoms with van der Waals surface area (Å²) < 4.78 is 10.6. The second-order valence-corrected chi connectivity index (χ2v) is 8.13. The standard InChI is InChI=1S/C27H25N3O4/c31-26(13-6-20-4-2-1-3-5-20)30-16-14-29(15-17-30)23-10-8-22(9-11-23)28-27(32)21-7-12-24-25(18-21)34-19-33-24/h1-13,18H,14-17,19H2,(H,28,32)/b13-6+. The summed E-state index contributed by atoms with van der Waals surface area (Å²) in [6.07, 6.45) is 3.49. The minimum Gasteiger partial charge on any atom is -0.454 e. The maximum atomic E-state index is 12.6. The number of nitrogens with zero attached hydrogens (tertiary/aromatic N) is 2. The van der Waals surface area contributed by atoms with Gasteiger partial charge in [0.1, 0.15) is 0 Å². The molecule has 2 amide bonds. The van der Waals surface area contributed by atoms with Crippen LogP contribution in [0.15, 0.2) is 78.9 Å². The molecular weight excluding hydrogens is 430 g/mol. The van der Waals surface area contributed by atoms with Crippen LogP contribution in [0.25, 0.3) is 6.08 Å². The molecule has 3 aromatic carbocycles. The van der Waals surface area contributed by atoms with Crippen LogP contribution in [-0.2, 0) is 4.79 Å². The van der Waals surface area contributed by atoms with Crippen molar-refractivity contribution in [2.45, 2.75) is 0 Å². The zero-order chi connectivity index (χ0) is 23.3. The van der Waals surface area contributed by atoms with Gasteiger partial charge >= 0.3 is 0 Å². The summed E-state index contributed by atoms with van der Waals surface area (Å²) >= 11 is 0. The molecule has 2 aliphatic rings. The molecule has 2 heterocycles. The fourth-order valence-corrected chi connectivity index (χ4v) is 4.02. The molecule has 0 radical (unpaired) electrons. The van der Waals surface area contributed by atoms with Crippen molar-refractivity contribution in [3.63, 3.8) is 0 Å². The normalized spacial score (nSPS) is 14.9. The van der Waals surface area contributed by atoms with Gasteiger partial charge in [-0.3, -0.25) is 9.59 Å². The van der Waals surface area contributed by atoms with E-state index in [4.69, 9.17) is 9.47 Å². The minimum atomic E-state index is -0.207. The van der Waals surface area contributed by atoms with Crippen molar-refractivity contribution in [1.29, 1.82) is 0 Å². The molecule has 172 valence electrons. The van der Waals surface area contributed by atoms with E-state index >= 15 is 0 Å². The molecule has 0 aromatic heterocycles. The van der Waals surface area contributed by atoms with Gasteiger partial charge in [0, 0.05) is 49.2 Å². The molecule has 34 heavy (non-hydrogen) atoms. The number of fused-ring (bicyclic) bond motifs is 1. The summed E-state index contributed by atoms with van der Waals surface area (Å²) in [5, 5.41) is 2.91. The molecule has 0 atom stereocenters. The number of hydrogen-bond acceptors (Lipinski definition) is 5. The van der Waals surface area contributed by atoms with Crippen molar-refractivity contribution >= 4 is 29.3 Å². The van der Waals surface area contributed by atoms with Gasteiger partial charge in [0.15, 0.2) is 11.5 Å². The van der Waals surface area contributed by atoms with E-state index in [-0.39, 0.29) is 18.6 Å². The fraction of sp³-hybridized carbons (Fsp3) is 0.185. The lowest BCUT2D eigenvalue weighted by atomic mass is 10.1. The summed E-state index contributed by atoms with van der Waals surface area (Å²) in [5.74, 6) is 1.05.